The number of anilines is 1. The third kappa shape index (κ3) is 1.38. The highest BCUT2D eigenvalue weighted by Gasteiger charge is 2.41. The van der Waals surface area contributed by atoms with Crippen molar-refractivity contribution in [1.82, 2.24) is 0 Å². The highest BCUT2D eigenvalue weighted by molar-refractivity contribution is 5.88. The molecule has 1 aliphatic heterocycles. The quantitative estimate of drug-likeness (QED) is 0.669. The van der Waals surface area contributed by atoms with Gasteiger partial charge in [-0.2, -0.15) is 0 Å². The molecular formula is C12H12N2O2. The predicted molar refractivity (Wildman–Crippen MR) is 60.7 cm³/mol. The van der Waals surface area contributed by atoms with E-state index in [4.69, 9.17) is 10.5 Å². The van der Waals surface area contributed by atoms with Gasteiger partial charge in [0, 0.05) is 30.3 Å². The Morgan fingerprint density at radius 2 is 2.31 bits per heavy atom. The minimum absolute atomic E-state index is 0.219. The molecule has 0 radical (unpaired) electrons. The van der Waals surface area contributed by atoms with Gasteiger partial charge in [-0.3, -0.25) is 4.79 Å². The number of aliphatic imine (C=N–C) groups is 1. The summed E-state index contributed by atoms with van der Waals surface area (Å²) in [6.45, 7) is 0. The number of nitrogens with two attached hydrogens (primary N) is 1. The average Bonchev–Trinajstić information content (AvgIpc) is 2.61. The van der Waals surface area contributed by atoms with Crippen LogP contribution in [0.2, 0.25) is 0 Å². The lowest BCUT2D eigenvalue weighted by Crippen LogP contribution is -2.33. The zero-order chi connectivity index (χ0) is 11.2. The molecule has 0 aromatic heterocycles. The summed E-state index contributed by atoms with van der Waals surface area (Å²) in [6.07, 6.45) is 3.37. The number of hydrogen-bond donors (Lipinski definition) is 1. The lowest BCUT2D eigenvalue weighted by Gasteiger charge is -2.29. The average molecular weight is 216 g/mol. The van der Waals surface area contributed by atoms with E-state index in [1.807, 2.05) is 12.1 Å². The molecule has 1 spiro atoms. The van der Waals surface area contributed by atoms with Gasteiger partial charge < -0.3 is 10.5 Å². The number of rotatable bonds is 0. The molecule has 2 N–H and O–H groups in total. The Labute approximate surface area is 93.1 Å². The Morgan fingerprint density at radius 3 is 3.06 bits per heavy atom. The third-order valence-corrected chi connectivity index (χ3v) is 3.04. The fourth-order valence-electron chi connectivity index (χ4n) is 2.20. The van der Waals surface area contributed by atoms with Gasteiger partial charge in [0.1, 0.15) is 11.5 Å². The van der Waals surface area contributed by atoms with Crippen LogP contribution in [0.1, 0.15) is 24.8 Å². The minimum Gasteiger partial charge on any atom is -0.465 e. The molecule has 4 nitrogen and oxygen atoms in total. The maximum Gasteiger partial charge on any atom is 0.207 e. The predicted octanol–water partition coefficient (Wildman–Crippen LogP) is 1.53. The Hall–Kier alpha value is -1.84. The molecule has 1 unspecified atom stereocenters. The molecule has 1 aromatic carbocycles. The maximum atomic E-state index is 11.3. The van der Waals surface area contributed by atoms with Crippen LogP contribution in [0.4, 0.5) is 5.69 Å². The smallest absolute Gasteiger partial charge is 0.207 e. The zero-order valence-corrected chi connectivity index (χ0v) is 8.77. The lowest BCUT2D eigenvalue weighted by atomic mass is 10.1. The molecule has 16 heavy (non-hydrogen) atoms. The molecule has 1 fully saturated rings. The molecule has 1 heterocycles. The van der Waals surface area contributed by atoms with E-state index in [9.17, 15) is 4.79 Å². The lowest BCUT2D eigenvalue weighted by molar-refractivity contribution is -0.118. The molecular weight excluding hydrogens is 204 g/mol. The monoisotopic (exact) mass is 216 g/mol. The van der Waals surface area contributed by atoms with Crippen LogP contribution in [0.25, 0.3) is 0 Å². The first kappa shape index (κ1) is 9.39. The summed E-state index contributed by atoms with van der Waals surface area (Å²) < 4.78 is 5.83. The molecule has 0 amide bonds. The van der Waals surface area contributed by atoms with Gasteiger partial charge in [0.25, 0.3) is 0 Å². The highest BCUT2D eigenvalue weighted by Crippen LogP contribution is 2.38. The highest BCUT2D eigenvalue weighted by atomic mass is 16.5. The van der Waals surface area contributed by atoms with E-state index >= 15 is 0 Å². The number of carbonyl (C=O) groups excluding carboxylic acids is 1. The van der Waals surface area contributed by atoms with Crippen molar-refractivity contribution in [1.29, 1.82) is 0 Å². The van der Waals surface area contributed by atoms with Crippen LogP contribution in [0.5, 0.6) is 5.75 Å². The van der Waals surface area contributed by atoms with E-state index in [0.29, 0.717) is 24.9 Å². The second-order valence-electron chi connectivity index (χ2n) is 4.32. The number of nitrogen functional groups attached to an aromatic ring is 1. The van der Waals surface area contributed by atoms with Crippen molar-refractivity contribution < 1.29 is 9.53 Å². The number of ether oxygens (including phenoxy) is 1. The molecule has 4 heteroatoms. The standard InChI is InChI=1S/C12H12N2O2/c13-9-1-2-11-8(5-9)7-14-12(16-11)4-3-10(15)6-12/h1-2,5,7H,3-4,6,13H2. The van der Waals surface area contributed by atoms with Crippen LogP contribution >= 0.6 is 0 Å². The van der Waals surface area contributed by atoms with Gasteiger partial charge >= 0.3 is 0 Å². The van der Waals surface area contributed by atoms with Crippen molar-refractivity contribution in [2.24, 2.45) is 4.99 Å². The van der Waals surface area contributed by atoms with Gasteiger partial charge in [0.15, 0.2) is 0 Å². The van der Waals surface area contributed by atoms with E-state index in [2.05, 4.69) is 4.99 Å². The largest absolute Gasteiger partial charge is 0.465 e. The number of nitrogens with zero attached hydrogens (tertiary/aromatic N) is 1. The Kier molecular flexibility index (Phi) is 1.80. The Bertz CT molecular complexity index is 496. The van der Waals surface area contributed by atoms with Crippen molar-refractivity contribution in [2.75, 3.05) is 5.73 Å². The summed E-state index contributed by atoms with van der Waals surface area (Å²) in [5, 5.41) is 0. The molecule has 1 atom stereocenters. The second-order valence-corrected chi connectivity index (χ2v) is 4.32. The topological polar surface area (TPSA) is 64.7 Å². The Balaban J connectivity index is 1.98. The van der Waals surface area contributed by atoms with E-state index in [-0.39, 0.29) is 5.78 Å². The van der Waals surface area contributed by atoms with Gasteiger partial charge in [-0.15, -0.1) is 0 Å². The first-order chi connectivity index (χ1) is 7.67. The van der Waals surface area contributed by atoms with Crippen molar-refractivity contribution in [3.05, 3.63) is 23.8 Å². The van der Waals surface area contributed by atoms with E-state index in [0.717, 1.165) is 11.3 Å². The zero-order valence-electron chi connectivity index (χ0n) is 8.77. The van der Waals surface area contributed by atoms with Crippen LogP contribution in [-0.2, 0) is 4.79 Å². The number of benzene rings is 1. The number of hydrogen-bond acceptors (Lipinski definition) is 4. The number of Topliss-reactive ketones (excluding diaryl/α,β-unsaturated/α-hetero) is 1. The van der Waals surface area contributed by atoms with Crippen LogP contribution in [-0.4, -0.2) is 17.7 Å². The second kappa shape index (κ2) is 3.07. The molecule has 3 rings (SSSR count). The van der Waals surface area contributed by atoms with Gasteiger partial charge in [-0.05, 0) is 18.2 Å². The number of fused-ring (bicyclic) bond motifs is 1. The minimum atomic E-state index is -0.639. The number of ketones is 1. The van der Waals surface area contributed by atoms with E-state index in [1.54, 1.807) is 12.3 Å². The maximum absolute atomic E-state index is 11.3. The van der Waals surface area contributed by atoms with Gasteiger partial charge in [-0.1, -0.05) is 0 Å². The first-order valence-electron chi connectivity index (χ1n) is 5.32. The molecule has 1 aromatic rings. The van der Waals surface area contributed by atoms with Crippen LogP contribution < -0.4 is 10.5 Å². The van der Waals surface area contributed by atoms with Crippen LogP contribution in [0.15, 0.2) is 23.2 Å². The summed E-state index contributed by atoms with van der Waals surface area (Å²) >= 11 is 0. The summed E-state index contributed by atoms with van der Waals surface area (Å²) in [5.41, 5.74) is 6.61. The summed E-state index contributed by atoms with van der Waals surface area (Å²) in [5.74, 6) is 0.981. The van der Waals surface area contributed by atoms with E-state index < -0.39 is 5.72 Å². The Morgan fingerprint density at radius 1 is 1.44 bits per heavy atom. The van der Waals surface area contributed by atoms with E-state index in [1.165, 1.54) is 0 Å². The van der Waals surface area contributed by atoms with Gasteiger partial charge in [0.05, 0.1) is 6.42 Å². The molecule has 0 bridgehead atoms. The summed E-state index contributed by atoms with van der Waals surface area (Å²) in [4.78, 5) is 15.7. The summed E-state index contributed by atoms with van der Waals surface area (Å²) in [6, 6.07) is 5.45. The normalized spacial score (nSPS) is 26.9. The van der Waals surface area contributed by atoms with Gasteiger partial charge in [0.2, 0.25) is 5.72 Å². The fraction of sp³-hybridized carbons (Fsp3) is 0.333. The van der Waals surface area contributed by atoms with Gasteiger partial charge in [-0.25, -0.2) is 4.99 Å². The molecule has 82 valence electrons. The molecule has 2 aliphatic rings. The van der Waals surface area contributed by atoms with Crippen molar-refractivity contribution in [3.8, 4) is 5.75 Å². The van der Waals surface area contributed by atoms with Crippen LogP contribution in [0, 0.1) is 0 Å². The van der Waals surface area contributed by atoms with Crippen molar-refractivity contribution >= 4 is 17.7 Å². The fourth-order valence-corrected chi connectivity index (χ4v) is 2.20. The molecule has 1 aliphatic carbocycles. The third-order valence-electron chi connectivity index (χ3n) is 3.04. The van der Waals surface area contributed by atoms with Crippen molar-refractivity contribution in [3.63, 3.8) is 0 Å². The van der Waals surface area contributed by atoms with Crippen LogP contribution in [0.3, 0.4) is 0 Å². The molecule has 1 saturated carbocycles. The number of carbonyl (C=O) groups is 1. The SMILES string of the molecule is Nc1ccc2c(c1)C=NC1(CCC(=O)C1)O2. The summed E-state index contributed by atoms with van der Waals surface area (Å²) in [7, 11) is 0. The first-order valence-corrected chi connectivity index (χ1v) is 5.32. The molecule has 0 saturated heterocycles. The van der Waals surface area contributed by atoms with Crippen molar-refractivity contribution in [2.45, 2.75) is 25.0 Å².